The van der Waals surface area contributed by atoms with E-state index in [0.717, 1.165) is 20.5 Å². The lowest BCUT2D eigenvalue weighted by Gasteiger charge is -2.14. The number of anilines is 2. The van der Waals surface area contributed by atoms with Crippen LogP contribution >= 0.6 is 39.3 Å². The zero-order valence-electron chi connectivity index (χ0n) is 24.8. The SMILES string of the molecule is Cc1ccc(Cl)cc1NC(=O)[C@@H](C)Sc1ccc(NC(=O)/C(=C/c2ccc(-c3ccc(Br)cc3)o2)NC(=O)c2ccccc2)cc1. The van der Waals surface area contributed by atoms with Gasteiger partial charge >= 0.3 is 0 Å². The maximum Gasteiger partial charge on any atom is 0.272 e. The van der Waals surface area contributed by atoms with Crippen LogP contribution in [0.3, 0.4) is 0 Å². The van der Waals surface area contributed by atoms with Gasteiger partial charge in [0.25, 0.3) is 11.8 Å². The Labute approximate surface area is 284 Å². The van der Waals surface area contributed by atoms with Gasteiger partial charge < -0.3 is 20.4 Å². The second kappa shape index (κ2) is 15.1. The minimum absolute atomic E-state index is 0.00520. The highest BCUT2D eigenvalue weighted by atomic mass is 79.9. The fraction of sp³-hybridized carbons (Fsp3) is 0.0833. The summed E-state index contributed by atoms with van der Waals surface area (Å²) in [6.45, 7) is 3.72. The molecule has 1 heterocycles. The molecule has 10 heteroatoms. The number of furan rings is 1. The topological polar surface area (TPSA) is 100 Å². The van der Waals surface area contributed by atoms with Crippen LogP contribution < -0.4 is 16.0 Å². The Morgan fingerprint density at radius 1 is 0.870 bits per heavy atom. The number of carbonyl (C=O) groups excluding carboxylic acids is 3. The number of thioether (sulfide) groups is 1. The van der Waals surface area contributed by atoms with Crippen LogP contribution in [0.1, 0.15) is 28.6 Å². The summed E-state index contributed by atoms with van der Waals surface area (Å²) in [4.78, 5) is 40.1. The van der Waals surface area contributed by atoms with E-state index in [0.29, 0.717) is 33.5 Å². The third-order valence-electron chi connectivity index (χ3n) is 6.82. The van der Waals surface area contributed by atoms with Crippen molar-refractivity contribution in [1.82, 2.24) is 5.32 Å². The second-order valence-corrected chi connectivity index (χ2v) is 13.0. The van der Waals surface area contributed by atoms with E-state index < -0.39 is 17.1 Å². The standard InChI is InChI=1S/C36H29BrClN3O4S/c1-22-8-13-27(38)20-31(22)40-34(42)23(2)46-30-17-14-28(15-18-30)39-36(44)32(41-35(43)25-6-4-3-5-7-25)21-29-16-19-33(45-29)24-9-11-26(37)12-10-24/h3-21,23H,1-2H3,(H,39,44)(H,40,42)(H,41,43)/b32-21-/t23-/m1/s1. The summed E-state index contributed by atoms with van der Waals surface area (Å²) in [5, 5.41) is 8.65. The molecule has 0 saturated heterocycles. The van der Waals surface area contributed by atoms with Crippen LogP contribution in [-0.4, -0.2) is 23.0 Å². The van der Waals surface area contributed by atoms with Gasteiger partial charge in [0.05, 0.1) is 5.25 Å². The molecule has 0 saturated carbocycles. The van der Waals surface area contributed by atoms with E-state index in [2.05, 4.69) is 31.9 Å². The van der Waals surface area contributed by atoms with Crippen LogP contribution in [0.15, 0.2) is 129 Å². The first kappa shape index (κ1) is 32.8. The number of nitrogens with one attached hydrogen (secondary N) is 3. The van der Waals surface area contributed by atoms with Crippen molar-refractivity contribution in [2.45, 2.75) is 24.0 Å². The molecule has 0 radical (unpaired) electrons. The van der Waals surface area contributed by atoms with Gasteiger partial charge in [0, 0.05) is 43.0 Å². The molecule has 0 fully saturated rings. The maximum absolute atomic E-state index is 13.5. The summed E-state index contributed by atoms with van der Waals surface area (Å²) < 4.78 is 6.93. The molecule has 0 spiro atoms. The first-order valence-electron chi connectivity index (χ1n) is 14.2. The maximum atomic E-state index is 13.5. The quantitative estimate of drug-likeness (QED) is 0.0990. The third kappa shape index (κ3) is 8.78. The molecule has 7 nitrogen and oxygen atoms in total. The van der Waals surface area contributed by atoms with E-state index in [-0.39, 0.29) is 11.6 Å². The Kier molecular flexibility index (Phi) is 10.8. The van der Waals surface area contributed by atoms with E-state index >= 15 is 0 Å². The molecular formula is C36H29BrClN3O4S. The summed E-state index contributed by atoms with van der Waals surface area (Å²) in [6.07, 6.45) is 1.49. The highest BCUT2D eigenvalue weighted by Crippen LogP contribution is 2.28. The number of rotatable bonds is 10. The van der Waals surface area contributed by atoms with E-state index in [4.69, 9.17) is 16.0 Å². The van der Waals surface area contributed by atoms with E-state index in [1.54, 1.807) is 60.7 Å². The summed E-state index contributed by atoms with van der Waals surface area (Å²) in [5.74, 6) is -0.113. The van der Waals surface area contributed by atoms with Crippen LogP contribution in [0.5, 0.6) is 0 Å². The predicted molar refractivity (Wildman–Crippen MR) is 189 cm³/mol. The van der Waals surface area contributed by atoms with Gasteiger partial charge in [-0.15, -0.1) is 11.8 Å². The largest absolute Gasteiger partial charge is 0.457 e. The Hall–Kier alpha value is -4.57. The zero-order valence-corrected chi connectivity index (χ0v) is 28.0. The van der Waals surface area contributed by atoms with Gasteiger partial charge in [-0.3, -0.25) is 14.4 Å². The molecule has 3 N–H and O–H groups in total. The fourth-order valence-corrected chi connectivity index (χ4v) is 5.62. The van der Waals surface area contributed by atoms with Gasteiger partial charge in [-0.2, -0.15) is 0 Å². The van der Waals surface area contributed by atoms with Crippen LogP contribution in [-0.2, 0) is 9.59 Å². The van der Waals surface area contributed by atoms with Crippen molar-refractivity contribution >= 4 is 74.5 Å². The minimum Gasteiger partial charge on any atom is -0.457 e. The highest BCUT2D eigenvalue weighted by molar-refractivity contribution is 9.10. The smallest absolute Gasteiger partial charge is 0.272 e. The lowest BCUT2D eigenvalue weighted by molar-refractivity contribution is -0.115. The second-order valence-electron chi connectivity index (χ2n) is 10.3. The first-order valence-corrected chi connectivity index (χ1v) is 16.3. The van der Waals surface area contributed by atoms with Gasteiger partial charge in [0.1, 0.15) is 17.2 Å². The Morgan fingerprint density at radius 3 is 2.30 bits per heavy atom. The Morgan fingerprint density at radius 2 is 1.59 bits per heavy atom. The number of halogens is 2. The molecule has 0 unspecified atom stereocenters. The van der Waals surface area contributed by atoms with Crippen LogP contribution in [0.2, 0.25) is 5.02 Å². The summed E-state index contributed by atoms with van der Waals surface area (Å²) in [7, 11) is 0. The van der Waals surface area contributed by atoms with Crippen molar-refractivity contribution in [2.75, 3.05) is 10.6 Å². The van der Waals surface area contributed by atoms with Crippen LogP contribution in [0.4, 0.5) is 11.4 Å². The molecule has 0 aliphatic rings. The van der Waals surface area contributed by atoms with Crippen molar-refractivity contribution in [1.29, 1.82) is 0 Å². The minimum atomic E-state index is -0.532. The Bertz CT molecular complexity index is 1890. The predicted octanol–water partition coefficient (Wildman–Crippen LogP) is 9.20. The molecule has 0 aliphatic carbocycles. The van der Waals surface area contributed by atoms with Gasteiger partial charge in [-0.05, 0) is 92.2 Å². The van der Waals surface area contributed by atoms with E-state index in [1.165, 1.54) is 17.8 Å². The van der Waals surface area contributed by atoms with Crippen molar-refractivity contribution < 1.29 is 18.8 Å². The monoisotopic (exact) mass is 713 g/mol. The van der Waals surface area contributed by atoms with Crippen molar-refractivity contribution in [3.8, 4) is 11.3 Å². The molecule has 232 valence electrons. The number of carbonyl (C=O) groups is 3. The van der Waals surface area contributed by atoms with Gasteiger partial charge in [-0.25, -0.2) is 0 Å². The molecule has 4 aromatic carbocycles. The number of hydrogen-bond donors (Lipinski definition) is 3. The normalized spacial score (nSPS) is 11.9. The molecule has 5 aromatic rings. The van der Waals surface area contributed by atoms with Gasteiger partial charge in [0.2, 0.25) is 5.91 Å². The molecule has 5 rings (SSSR count). The molecule has 46 heavy (non-hydrogen) atoms. The molecule has 1 atom stereocenters. The lowest BCUT2D eigenvalue weighted by atomic mass is 10.2. The molecule has 0 bridgehead atoms. The number of hydrogen-bond acceptors (Lipinski definition) is 5. The number of aryl methyl sites for hydroxylation is 1. The fourth-order valence-electron chi connectivity index (χ4n) is 4.32. The number of amides is 3. The lowest BCUT2D eigenvalue weighted by Crippen LogP contribution is -2.30. The average Bonchev–Trinajstić information content (AvgIpc) is 3.52. The molecule has 3 amide bonds. The molecule has 1 aromatic heterocycles. The van der Waals surface area contributed by atoms with Gasteiger partial charge in [-0.1, -0.05) is 63.9 Å². The first-order chi connectivity index (χ1) is 22.1. The van der Waals surface area contributed by atoms with E-state index in [9.17, 15) is 14.4 Å². The highest BCUT2D eigenvalue weighted by Gasteiger charge is 2.18. The van der Waals surface area contributed by atoms with Crippen molar-refractivity contribution in [3.63, 3.8) is 0 Å². The summed E-state index contributed by atoms with van der Waals surface area (Å²) >= 11 is 10.9. The van der Waals surface area contributed by atoms with Crippen LogP contribution in [0.25, 0.3) is 17.4 Å². The average molecular weight is 715 g/mol. The number of benzene rings is 4. The third-order valence-corrected chi connectivity index (χ3v) is 8.70. The van der Waals surface area contributed by atoms with Crippen LogP contribution in [0, 0.1) is 6.92 Å². The molecule has 0 aliphatic heterocycles. The Balaban J connectivity index is 1.28. The zero-order chi connectivity index (χ0) is 32.6. The van der Waals surface area contributed by atoms with Gasteiger partial charge in [0.15, 0.2) is 0 Å². The molecular weight excluding hydrogens is 686 g/mol. The summed E-state index contributed by atoms with van der Waals surface area (Å²) in [5.41, 5.74) is 3.38. The van der Waals surface area contributed by atoms with E-state index in [1.807, 2.05) is 62.4 Å². The van der Waals surface area contributed by atoms with Crippen molar-refractivity contribution in [3.05, 3.63) is 141 Å². The summed E-state index contributed by atoms with van der Waals surface area (Å²) in [6, 6.07) is 32.3. The van der Waals surface area contributed by atoms with Crippen molar-refractivity contribution in [2.24, 2.45) is 0 Å².